The lowest BCUT2D eigenvalue weighted by atomic mass is 10.1. The maximum Gasteiger partial charge on any atom is 0.275 e. The molecule has 0 bridgehead atoms. The molecular weight excluding hydrogens is 318 g/mol. The van der Waals surface area contributed by atoms with Crippen molar-refractivity contribution in [2.24, 2.45) is 7.05 Å². The van der Waals surface area contributed by atoms with Crippen LogP contribution in [-0.4, -0.2) is 37.1 Å². The number of benzene rings is 1. The summed E-state index contributed by atoms with van der Waals surface area (Å²) in [5.74, 6) is 0.715. The second-order valence-electron chi connectivity index (χ2n) is 6.45. The number of aromatic nitrogens is 4. The number of fused-ring (bicyclic) bond motifs is 1. The van der Waals surface area contributed by atoms with Crippen molar-refractivity contribution in [2.75, 3.05) is 6.54 Å². The smallest absolute Gasteiger partial charge is 0.275 e. The van der Waals surface area contributed by atoms with Crippen molar-refractivity contribution in [3.05, 3.63) is 58.0 Å². The Labute approximate surface area is 144 Å². The zero-order valence-corrected chi connectivity index (χ0v) is 14.2. The summed E-state index contributed by atoms with van der Waals surface area (Å²) in [6.45, 7) is 2.60. The monoisotopic (exact) mass is 337 g/mol. The van der Waals surface area contributed by atoms with Crippen molar-refractivity contribution in [1.29, 1.82) is 0 Å². The Hall–Kier alpha value is -2.96. The number of H-pyrrole nitrogens is 1. The third-order valence-corrected chi connectivity index (χ3v) is 4.74. The molecule has 25 heavy (non-hydrogen) atoms. The number of nitrogens with zero attached hydrogens (tertiary/aromatic N) is 4. The van der Waals surface area contributed by atoms with Crippen LogP contribution < -0.4 is 5.56 Å². The third kappa shape index (κ3) is 2.52. The van der Waals surface area contributed by atoms with Gasteiger partial charge >= 0.3 is 0 Å². The van der Waals surface area contributed by atoms with Crippen molar-refractivity contribution < 1.29 is 4.79 Å². The van der Waals surface area contributed by atoms with Gasteiger partial charge in [0.05, 0.1) is 17.1 Å². The second kappa shape index (κ2) is 5.84. The molecule has 7 heteroatoms. The van der Waals surface area contributed by atoms with Crippen LogP contribution >= 0.6 is 0 Å². The Balaban J connectivity index is 1.77. The standard InChI is InChI=1S/C18H19N5O2/c1-11-10-22(2)16(19-11)14-8-5-9-23(14)18(25)15-12-6-3-4-7-13(12)17(24)21-20-15/h3-4,6-7,10,14H,5,8-9H2,1-2H3,(H,21,24)/t14-/m1/s1. The Bertz CT molecular complexity index is 1020. The predicted molar refractivity (Wildman–Crippen MR) is 93.3 cm³/mol. The highest BCUT2D eigenvalue weighted by atomic mass is 16.2. The van der Waals surface area contributed by atoms with E-state index < -0.39 is 0 Å². The number of carbonyl (C=O) groups is 1. The number of likely N-dealkylation sites (tertiary alicyclic amines) is 1. The number of aryl methyl sites for hydroxylation is 2. The molecule has 1 amide bonds. The van der Waals surface area contributed by atoms with Crippen molar-refractivity contribution in [2.45, 2.75) is 25.8 Å². The van der Waals surface area contributed by atoms with Gasteiger partial charge in [-0.3, -0.25) is 9.59 Å². The largest absolute Gasteiger partial charge is 0.336 e. The summed E-state index contributed by atoms with van der Waals surface area (Å²) in [4.78, 5) is 31.5. The minimum atomic E-state index is -0.287. The molecule has 0 radical (unpaired) electrons. The van der Waals surface area contributed by atoms with E-state index in [0.29, 0.717) is 17.3 Å². The fraction of sp³-hybridized carbons (Fsp3) is 0.333. The highest BCUT2D eigenvalue weighted by Crippen LogP contribution is 2.32. The molecule has 7 nitrogen and oxygen atoms in total. The zero-order chi connectivity index (χ0) is 17.6. The quantitative estimate of drug-likeness (QED) is 0.774. The summed E-state index contributed by atoms with van der Waals surface area (Å²) < 4.78 is 1.98. The van der Waals surface area contributed by atoms with E-state index in [4.69, 9.17) is 0 Å². The highest BCUT2D eigenvalue weighted by molar-refractivity contribution is 6.04. The van der Waals surface area contributed by atoms with Crippen LogP contribution in [0.2, 0.25) is 0 Å². The average Bonchev–Trinajstić information content (AvgIpc) is 3.21. The Morgan fingerprint density at radius 3 is 2.76 bits per heavy atom. The number of carbonyl (C=O) groups excluding carboxylic acids is 1. The maximum atomic E-state index is 13.2. The second-order valence-corrected chi connectivity index (χ2v) is 6.45. The van der Waals surface area contributed by atoms with Gasteiger partial charge in [0, 0.05) is 25.2 Å². The van der Waals surface area contributed by atoms with Crippen molar-refractivity contribution in [3.63, 3.8) is 0 Å². The summed E-state index contributed by atoms with van der Waals surface area (Å²) in [6, 6.07) is 6.99. The van der Waals surface area contributed by atoms with Gasteiger partial charge in [0.2, 0.25) is 0 Å². The Morgan fingerprint density at radius 2 is 2.04 bits per heavy atom. The van der Waals surface area contributed by atoms with E-state index in [2.05, 4.69) is 15.2 Å². The Kier molecular flexibility index (Phi) is 3.63. The van der Waals surface area contributed by atoms with E-state index in [1.54, 1.807) is 18.2 Å². The molecule has 3 heterocycles. The molecule has 0 saturated carbocycles. The van der Waals surface area contributed by atoms with Crippen LogP contribution in [0, 0.1) is 6.92 Å². The molecule has 0 aliphatic carbocycles. The van der Waals surface area contributed by atoms with Gasteiger partial charge in [0.25, 0.3) is 11.5 Å². The first-order valence-electron chi connectivity index (χ1n) is 8.34. The summed E-state index contributed by atoms with van der Waals surface area (Å²) in [5.41, 5.74) is 0.933. The van der Waals surface area contributed by atoms with Crippen LogP contribution in [0.1, 0.15) is 40.9 Å². The summed E-state index contributed by atoms with van der Waals surface area (Å²) in [7, 11) is 1.95. The third-order valence-electron chi connectivity index (χ3n) is 4.74. The molecule has 1 aromatic carbocycles. The van der Waals surface area contributed by atoms with Crippen LogP contribution in [0.4, 0.5) is 0 Å². The highest BCUT2D eigenvalue weighted by Gasteiger charge is 2.34. The van der Waals surface area contributed by atoms with Crippen molar-refractivity contribution in [1.82, 2.24) is 24.6 Å². The molecule has 1 aliphatic heterocycles. The fourth-order valence-electron chi connectivity index (χ4n) is 3.64. The summed E-state index contributed by atoms with van der Waals surface area (Å²) in [6.07, 6.45) is 3.75. The fourth-order valence-corrected chi connectivity index (χ4v) is 3.64. The van der Waals surface area contributed by atoms with Crippen molar-refractivity contribution in [3.8, 4) is 0 Å². The number of imidazole rings is 1. The van der Waals surface area contributed by atoms with E-state index in [0.717, 1.165) is 24.4 Å². The number of hydrogen-bond acceptors (Lipinski definition) is 4. The predicted octanol–water partition coefficient (Wildman–Crippen LogP) is 1.94. The van der Waals surface area contributed by atoms with E-state index >= 15 is 0 Å². The molecule has 1 aliphatic rings. The molecule has 1 saturated heterocycles. The first kappa shape index (κ1) is 15.6. The number of hydrogen-bond donors (Lipinski definition) is 1. The minimum Gasteiger partial charge on any atom is -0.336 e. The first-order chi connectivity index (χ1) is 12.1. The molecule has 2 aromatic heterocycles. The first-order valence-corrected chi connectivity index (χ1v) is 8.34. The zero-order valence-electron chi connectivity index (χ0n) is 14.2. The average molecular weight is 337 g/mol. The van der Waals surface area contributed by atoms with E-state index in [-0.39, 0.29) is 23.2 Å². The number of aromatic amines is 1. The van der Waals surface area contributed by atoms with Crippen molar-refractivity contribution >= 4 is 16.7 Å². The van der Waals surface area contributed by atoms with E-state index in [9.17, 15) is 9.59 Å². The molecule has 1 atom stereocenters. The maximum absolute atomic E-state index is 13.2. The molecular formula is C18H19N5O2. The van der Waals surface area contributed by atoms with Crippen LogP contribution in [0.25, 0.3) is 10.8 Å². The lowest BCUT2D eigenvalue weighted by molar-refractivity contribution is 0.0723. The number of amides is 1. The minimum absolute atomic E-state index is 0.0707. The normalized spacial score (nSPS) is 17.4. The Morgan fingerprint density at radius 1 is 1.28 bits per heavy atom. The van der Waals surface area contributed by atoms with Gasteiger partial charge < -0.3 is 9.47 Å². The lowest BCUT2D eigenvalue weighted by Gasteiger charge is -2.24. The molecule has 128 valence electrons. The van der Waals surface area contributed by atoms with Crippen LogP contribution in [-0.2, 0) is 7.05 Å². The number of nitrogens with one attached hydrogen (secondary N) is 1. The van der Waals surface area contributed by atoms with Gasteiger partial charge in [-0.05, 0) is 25.8 Å². The van der Waals surface area contributed by atoms with Gasteiger partial charge in [-0.1, -0.05) is 18.2 Å². The topological polar surface area (TPSA) is 83.9 Å². The van der Waals surface area contributed by atoms with Gasteiger partial charge in [-0.15, -0.1) is 0 Å². The van der Waals surface area contributed by atoms with Gasteiger partial charge in [-0.2, -0.15) is 5.10 Å². The number of rotatable bonds is 2. The SMILES string of the molecule is Cc1cn(C)c([C@H]2CCCN2C(=O)c2n[nH]c(=O)c3ccccc23)n1. The summed E-state index contributed by atoms with van der Waals surface area (Å²) >= 11 is 0. The lowest BCUT2D eigenvalue weighted by Crippen LogP contribution is -2.33. The van der Waals surface area contributed by atoms with E-state index in [1.165, 1.54) is 0 Å². The van der Waals surface area contributed by atoms with Crippen LogP contribution in [0.5, 0.6) is 0 Å². The molecule has 3 aromatic rings. The summed E-state index contributed by atoms with van der Waals surface area (Å²) in [5, 5.41) is 7.55. The van der Waals surface area contributed by atoms with E-state index in [1.807, 2.05) is 35.7 Å². The van der Waals surface area contributed by atoms with Gasteiger partial charge in [0.1, 0.15) is 5.82 Å². The van der Waals surface area contributed by atoms with Crippen LogP contribution in [0.15, 0.2) is 35.3 Å². The molecule has 1 fully saturated rings. The van der Waals surface area contributed by atoms with Gasteiger partial charge in [-0.25, -0.2) is 10.1 Å². The molecule has 0 spiro atoms. The molecule has 0 unspecified atom stereocenters. The van der Waals surface area contributed by atoms with Gasteiger partial charge in [0.15, 0.2) is 5.69 Å². The molecule has 1 N–H and O–H groups in total. The molecule has 4 rings (SSSR count). The van der Waals surface area contributed by atoms with Crippen LogP contribution in [0.3, 0.4) is 0 Å².